The van der Waals surface area contributed by atoms with Gasteiger partial charge in [0, 0.05) is 11.9 Å². The van der Waals surface area contributed by atoms with Gasteiger partial charge in [-0.25, -0.2) is 4.98 Å². The van der Waals surface area contributed by atoms with Gasteiger partial charge in [-0.05, 0) is 49.7 Å². The van der Waals surface area contributed by atoms with Crippen molar-refractivity contribution in [3.63, 3.8) is 0 Å². The van der Waals surface area contributed by atoms with Crippen LogP contribution in [0.4, 0.5) is 0 Å². The van der Waals surface area contributed by atoms with Crippen molar-refractivity contribution in [1.29, 1.82) is 0 Å². The van der Waals surface area contributed by atoms with Crippen molar-refractivity contribution in [2.75, 3.05) is 19.8 Å². The lowest BCUT2D eigenvalue weighted by molar-refractivity contribution is 0.171. The Balaban J connectivity index is 1.20. The summed E-state index contributed by atoms with van der Waals surface area (Å²) in [4.78, 5) is 4.64. The topological polar surface area (TPSA) is 52.6 Å². The van der Waals surface area contributed by atoms with Crippen molar-refractivity contribution >= 4 is 11.3 Å². The highest BCUT2D eigenvalue weighted by molar-refractivity contribution is 7.09. The fourth-order valence-electron chi connectivity index (χ4n) is 2.97. The molecule has 1 aliphatic rings. The van der Waals surface area contributed by atoms with Gasteiger partial charge in [0.05, 0.1) is 5.69 Å². The molecule has 4 rings (SSSR count). The summed E-state index contributed by atoms with van der Waals surface area (Å²) in [5.74, 6) is 2.56. The minimum Gasteiger partial charge on any atom is -0.486 e. The quantitative estimate of drug-likeness (QED) is 0.580. The second-order valence-electron chi connectivity index (χ2n) is 6.74. The predicted octanol–water partition coefficient (Wildman–Crippen LogP) is 4.13. The van der Waals surface area contributed by atoms with E-state index < -0.39 is 0 Å². The number of benzene rings is 2. The van der Waals surface area contributed by atoms with E-state index in [9.17, 15) is 0 Å². The average Bonchev–Trinajstić information content (AvgIpc) is 3.18. The number of ether oxygens (including phenoxy) is 3. The number of nitrogens with one attached hydrogen (secondary N) is 1. The summed E-state index contributed by atoms with van der Waals surface area (Å²) in [5, 5.41) is 6.53. The summed E-state index contributed by atoms with van der Waals surface area (Å²) in [7, 11) is 0. The Bertz CT molecular complexity index is 908. The molecular weight excluding hydrogens is 372 g/mol. The molecule has 0 fully saturated rings. The molecule has 2 heterocycles. The maximum absolute atomic E-state index is 5.79. The van der Waals surface area contributed by atoms with Gasteiger partial charge in [-0.15, -0.1) is 11.3 Å². The molecule has 0 amide bonds. The van der Waals surface area contributed by atoms with E-state index in [1.165, 1.54) is 11.1 Å². The first kappa shape index (κ1) is 18.8. The van der Waals surface area contributed by atoms with Gasteiger partial charge in [0.1, 0.15) is 30.6 Å². The van der Waals surface area contributed by atoms with E-state index >= 15 is 0 Å². The Hall–Kier alpha value is -2.57. The maximum atomic E-state index is 5.79. The van der Waals surface area contributed by atoms with Gasteiger partial charge >= 0.3 is 0 Å². The van der Waals surface area contributed by atoms with E-state index in [1.54, 1.807) is 11.3 Å². The Morgan fingerprint density at radius 2 is 1.89 bits per heavy atom. The zero-order valence-electron chi connectivity index (χ0n) is 15.9. The molecule has 1 aromatic heterocycles. The van der Waals surface area contributed by atoms with Crippen molar-refractivity contribution in [2.45, 2.75) is 26.5 Å². The molecule has 0 radical (unpaired) electrons. The van der Waals surface area contributed by atoms with E-state index in [4.69, 9.17) is 14.2 Å². The summed E-state index contributed by atoms with van der Waals surface area (Å²) in [6.45, 7) is 5.45. The highest BCUT2D eigenvalue weighted by atomic mass is 32.1. The van der Waals surface area contributed by atoms with E-state index in [2.05, 4.69) is 34.7 Å². The standard InChI is InChI=1S/C22H24N2O3S/c1-16-2-5-19(6-3-16)27-14-22-24-18(15-28-22)13-23-9-8-17-4-7-20-21(12-17)26-11-10-25-20/h2-7,12,15,23H,8-11,13-14H2,1H3. The van der Waals surface area contributed by atoms with Crippen LogP contribution in [0.3, 0.4) is 0 Å². The van der Waals surface area contributed by atoms with Gasteiger partial charge in [0.25, 0.3) is 0 Å². The van der Waals surface area contributed by atoms with Crippen LogP contribution in [-0.2, 0) is 19.6 Å². The van der Waals surface area contributed by atoms with Crippen LogP contribution in [0.1, 0.15) is 21.8 Å². The molecule has 146 valence electrons. The van der Waals surface area contributed by atoms with Gasteiger partial charge in [-0.2, -0.15) is 0 Å². The molecule has 3 aromatic rings. The van der Waals surface area contributed by atoms with Crippen LogP contribution >= 0.6 is 11.3 Å². The molecule has 28 heavy (non-hydrogen) atoms. The lowest BCUT2D eigenvalue weighted by Gasteiger charge is -2.18. The minimum absolute atomic E-state index is 0.505. The van der Waals surface area contributed by atoms with Gasteiger partial charge in [-0.1, -0.05) is 23.8 Å². The van der Waals surface area contributed by atoms with Gasteiger partial charge in [0.15, 0.2) is 11.5 Å². The van der Waals surface area contributed by atoms with Gasteiger partial charge in [0.2, 0.25) is 0 Å². The van der Waals surface area contributed by atoms with Crippen molar-refractivity contribution in [3.8, 4) is 17.2 Å². The van der Waals surface area contributed by atoms with Crippen molar-refractivity contribution in [1.82, 2.24) is 10.3 Å². The molecule has 2 aromatic carbocycles. The van der Waals surface area contributed by atoms with Crippen LogP contribution in [0.15, 0.2) is 47.8 Å². The molecule has 0 bridgehead atoms. The van der Waals surface area contributed by atoms with Crippen LogP contribution in [-0.4, -0.2) is 24.7 Å². The minimum atomic E-state index is 0.505. The Kier molecular flexibility index (Phi) is 6.09. The number of fused-ring (bicyclic) bond motifs is 1. The predicted molar refractivity (Wildman–Crippen MR) is 110 cm³/mol. The molecule has 0 aliphatic carbocycles. The average molecular weight is 397 g/mol. The molecule has 0 saturated heterocycles. The molecule has 0 unspecified atom stereocenters. The molecular formula is C22H24N2O3S. The number of hydrogen-bond acceptors (Lipinski definition) is 6. The molecule has 1 N–H and O–H groups in total. The highest BCUT2D eigenvalue weighted by Gasteiger charge is 2.11. The smallest absolute Gasteiger partial charge is 0.161 e. The van der Waals surface area contributed by atoms with Gasteiger partial charge in [-0.3, -0.25) is 0 Å². The van der Waals surface area contributed by atoms with Crippen molar-refractivity contribution < 1.29 is 14.2 Å². The first-order valence-electron chi connectivity index (χ1n) is 9.48. The van der Waals surface area contributed by atoms with Gasteiger partial charge < -0.3 is 19.5 Å². The van der Waals surface area contributed by atoms with Crippen LogP contribution in [0.2, 0.25) is 0 Å². The lowest BCUT2D eigenvalue weighted by atomic mass is 10.1. The molecule has 1 aliphatic heterocycles. The molecule has 5 nitrogen and oxygen atoms in total. The number of aryl methyl sites for hydroxylation is 1. The molecule has 0 saturated carbocycles. The zero-order valence-corrected chi connectivity index (χ0v) is 16.8. The first-order valence-corrected chi connectivity index (χ1v) is 10.4. The number of aromatic nitrogens is 1. The van der Waals surface area contributed by atoms with Crippen LogP contribution in [0, 0.1) is 6.92 Å². The summed E-state index contributed by atoms with van der Waals surface area (Å²) in [6.07, 6.45) is 0.935. The Morgan fingerprint density at radius 3 is 2.75 bits per heavy atom. The highest BCUT2D eigenvalue weighted by Crippen LogP contribution is 2.30. The van der Waals surface area contributed by atoms with Crippen LogP contribution in [0.25, 0.3) is 0 Å². The van der Waals surface area contributed by atoms with Crippen molar-refractivity contribution in [2.24, 2.45) is 0 Å². The SMILES string of the molecule is Cc1ccc(OCc2nc(CNCCc3ccc4c(c3)OCCO4)cs2)cc1. The second kappa shape index (κ2) is 9.08. The number of thiazole rings is 1. The third-order valence-electron chi connectivity index (χ3n) is 4.49. The van der Waals surface area contributed by atoms with Crippen LogP contribution in [0.5, 0.6) is 17.2 Å². The van der Waals surface area contributed by atoms with E-state index in [0.29, 0.717) is 19.8 Å². The fraction of sp³-hybridized carbons (Fsp3) is 0.318. The Morgan fingerprint density at radius 1 is 1.07 bits per heavy atom. The summed E-state index contributed by atoms with van der Waals surface area (Å²) in [5.41, 5.74) is 3.52. The number of rotatable bonds is 8. The molecule has 0 spiro atoms. The first-order chi connectivity index (χ1) is 13.8. The number of hydrogen-bond donors (Lipinski definition) is 1. The summed E-state index contributed by atoms with van der Waals surface area (Å²) in [6, 6.07) is 14.2. The largest absolute Gasteiger partial charge is 0.486 e. The second-order valence-corrected chi connectivity index (χ2v) is 7.68. The van der Waals surface area contributed by atoms with Crippen LogP contribution < -0.4 is 19.5 Å². The zero-order chi connectivity index (χ0) is 19.2. The van der Waals surface area contributed by atoms with E-state index in [1.807, 2.05) is 30.3 Å². The number of nitrogens with zero attached hydrogens (tertiary/aromatic N) is 1. The van der Waals surface area contributed by atoms with Crippen molar-refractivity contribution in [3.05, 3.63) is 69.7 Å². The molecule has 0 atom stereocenters. The maximum Gasteiger partial charge on any atom is 0.161 e. The normalized spacial score (nSPS) is 12.8. The third kappa shape index (κ3) is 5.03. The monoisotopic (exact) mass is 396 g/mol. The third-order valence-corrected chi connectivity index (χ3v) is 5.36. The Labute approximate surface area is 169 Å². The summed E-state index contributed by atoms with van der Waals surface area (Å²) < 4.78 is 17.0. The molecule has 6 heteroatoms. The van der Waals surface area contributed by atoms with E-state index in [-0.39, 0.29) is 0 Å². The summed E-state index contributed by atoms with van der Waals surface area (Å²) >= 11 is 1.64. The van der Waals surface area contributed by atoms with E-state index in [0.717, 1.165) is 47.5 Å². The lowest BCUT2D eigenvalue weighted by Crippen LogP contribution is -2.18. The fourth-order valence-corrected chi connectivity index (χ4v) is 3.67.